The van der Waals surface area contributed by atoms with E-state index in [-0.39, 0.29) is 25.2 Å². The Morgan fingerprint density at radius 1 is 0.485 bits per heavy atom. The molecule has 0 aromatic heterocycles. The summed E-state index contributed by atoms with van der Waals surface area (Å²) in [5, 5.41) is 5.76. The average molecular weight is 935 g/mol. The monoisotopic (exact) mass is 935 g/mol. The first-order chi connectivity index (χ1) is 32.4. The third-order valence-electron chi connectivity index (χ3n) is 12.0. The number of rotatable bonds is 43. The van der Waals surface area contributed by atoms with Crippen molar-refractivity contribution in [2.24, 2.45) is 0 Å². The third-order valence-corrected chi connectivity index (χ3v) is 12.0. The van der Waals surface area contributed by atoms with Gasteiger partial charge < -0.3 is 48.9 Å². The molecule has 2 atom stereocenters. The Hall–Kier alpha value is -3.20. The maximum Gasteiger partial charge on any atom is 0.407 e. The van der Waals surface area contributed by atoms with Crippen molar-refractivity contribution in [1.82, 2.24) is 20.4 Å². The molecule has 14 nitrogen and oxygen atoms in total. The molecule has 2 unspecified atom stereocenters. The highest BCUT2D eigenvalue weighted by Gasteiger charge is 2.30. The second-order valence-corrected chi connectivity index (χ2v) is 18.0. The number of nitrogens with one attached hydrogen (secondary N) is 2. The lowest BCUT2D eigenvalue weighted by atomic mass is 10.1. The lowest BCUT2D eigenvalue weighted by molar-refractivity contribution is -0.143. The van der Waals surface area contributed by atoms with Crippen LogP contribution in [0.4, 0.5) is 9.59 Å². The SMILES string of the molecule is CCCCCC/C=C\COC(=O)CCCCCOCC(OC(=O)NCCCCN1CCCC1)C(COCCCCCC(=O)OC/C=C\CCCCCC)OC(=O)NCCCCN1CCCC1. The Labute approximate surface area is 400 Å². The van der Waals surface area contributed by atoms with Crippen LogP contribution in [0.5, 0.6) is 0 Å². The number of unbranched alkanes of at least 4 members (excludes halogenated alkanes) is 14. The highest BCUT2D eigenvalue weighted by Crippen LogP contribution is 2.13. The molecule has 0 bridgehead atoms. The normalized spacial score (nSPS) is 15.4. The van der Waals surface area contributed by atoms with E-state index < -0.39 is 24.4 Å². The molecule has 382 valence electrons. The van der Waals surface area contributed by atoms with Gasteiger partial charge in [0.25, 0.3) is 0 Å². The van der Waals surface area contributed by atoms with E-state index in [9.17, 15) is 19.2 Å². The first-order valence-electron chi connectivity index (χ1n) is 26.5. The van der Waals surface area contributed by atoms with Crippen LogP contribution in [0, 0.1) is 0 Å². The van der Waals surface area contributed by atoms with Crippen molar-refractivity contribution in [3.8, 4) is 0 Å². The van der Waals surface area contributed by atoms with Crippen LogP contribution in [0.1, 0.15) is 181 Å². The molecule has 0 aromatic rings. The van der Waals surface area contributed by atoms with E-state index in [0.29, 0.717) is 78.0 Å². The fourth-order valence-corrected chi connectivity index (χ4v) is 7.98. The molecule has 0 spiro atoms. The zero-order valence-corrected chi connectivity index (χ0v) is 41.7. The molecule has 66 heavy (non-hydrogen) atoms. The number of alkyl carbamates (subject to hydrolysis) is 2. The Bertz CT molecular complexity index is 1160. The Morgan fingerprint density at radius 3 is 1.30 bits per heavy atom. The van der Waals surface area contributed by atoms with Crippen LogP contribution in [-0.2, 0) is 38.0 Å². The average Bonchev–Trinajstić information content (AvgIpc) is 4.04. The van der Waals surface area contributed by atoms with Crippen molar-refractivity contribution in [3.63, 3.8) is 0 Å². The van der Waals surface area contributed by atoms with Crippen LogP contribution in [0.25, 0.3) is 0 Å². The van der Waals surface area contributed by atoms with Crippen LogP contribution in [0.2, 0.25) is 0 Å². The van der Waals surface area contributed by atoms with E-state index in [0.717, 1.165) is 103 Å². The molecule has 2 heterocycles. The minimum atomic E-state index is -0.926. The van der Waals surface area contributed by atoms with Gasteiger partial charge in [-0.15, -0.1) is 0 Å². The summed E-state index contributed by atoms with van der Waals surface area (Å²) >= 11 is 0. The lowest BCUT2D eigenvalue weighted by Crippen LogP contribution is -2.45. The molecule has 0 radical (unpaired) electrons. The summed E-state index contributed by atoms with van der Waals surface area (Å²) in [6, 6.07) is 0. The van der Waals surface area contributed by atoms with E-state index >= 15 is 0 Å². The number of esters is 2. The number of nitrogens with zero attached hydrogens (tertiary/aromatic N) is 2. The molecule has 2 rings (SSSR count). The Morgan fingerprint density at radius 2 is 0.894 bits per heavy atom. The standard InChI is InChI=1S/C52H94N4O10/c1-3-5-7-9-11-13-29-43-63-49(57)31-17-15-27-41-61-45-47(65-51(59)53-33-19-21-35-55-37-23-24-38-55)48(66-52(60)54-34-20-22-36-56-39-25-26-40-56)46-62-42-28-16-18-32-50(58)64-44-30-14-12-10-8-6-4-2/h13-14,29-30,47-48H,3-12,15-28,31-46H2,1-2H3,(H,53,59)(H,54,60)/b29-13-,30-14-. The number of hydrogen-bond acceptors (Lipinski definition) is 12. The summed E-state index contributed by atoms with van der Waals surface area (Å²) in [6.07, 6.45) is 30.3. The molecule has 2 aliphatic heterocycles. The zero-order valence-electron chi connectivity index (χ0n) is 41.7. The van der Waals surface area contributed by atoms with E-state index in [1.165, 1.54) is 64.2 Å². The van der Waals surface area contributed by atoms with Crippen molar-refractivity contribution in [3.05, 3.63) is 24.3 Å². The van der Waals surface area contributed by atoms with Gasteiger partial charge in [0.1, 0.15) is 13.2 Å². The molecule has 2 N–H and O–H groups in total. The molecular formula is C52H94N4O10. The first-order valence-corrected chi connectivity index (χ1v) is 26.5. The van der Waals surface area contributed by atoms with Crippen LogP contribution < -0.4 is 10.6 Å². The van der Waals surface area contributed by atoms with E-state index in [1.54, 1.807) is 0 Å². The smallest absolute Gasteiger partial charge is 0.407 e. The predicted octanol–water partition coefficient (Wildman–Crippen LogP) is 10.2. The molecule has 2 fully saturated rings. The van der Waals surface area contributed by atoms with Crippen molar-refractivity contribution in [1.29, 1.82) is 0 Å². The molecule has 0 aromatic carbocycles. The predicted molar refractivity (Wildman–Crippen MR) is 263 cm³/mol. The van der Waals surface area contributed by atoms with Crippen molar-refractivity contribution >= 4 is 24.1 Å². The van der Waals surface area contributed by atoms with Crippen molar-refractivity contribution < 1.29 is 47.6 Å². The van der Waals surface area contributed by atoms with Gasteiger partial charge >= 0.3 is 24.1 Å². The molecule has 2 amide bonds. The Balaban J connectivity index is 1.87. The fourth-order valence-electron chi connectivity index (χ4n) is 7.98. The van der Waals surface area contributed by atoms with E-state index in [4.69, 9.17) is 28.4 Å². The minimum absolute atomic E-state index is 0.00248. The number of ether oxygens (including phenoxy) is 6. The van der Waals surface area contributed by atoms with Gasteiger partial charge in [0, 0.05) is 39.1 Å². The van der Waals surface area contributed by atoms with E-state index in [1.807, 2.05) is 12.2 Å². The number of carbonyl (C=O) groups excluding carboxylic acids is 4. The summed E-state index contributed by atoms with van der Waals surface area (Å²) in [4.78, 5) is 55.7. The first kappa shape index (κ1) is 58.9. The van der Waals surface area contributed by atoms with E-state index in [2.05, 4.69) is 46.4 Å². The fraction of sp³-hybridized carbons (Fsp3) is 0.846. The molecule has 2 saturated heterocycles. The summed E-state index contributed by atoms with van der Waals surface area (Å²) < 4.78 is 34.6. The van der Waals surface area contributed by atoms with Crippen LogP contribution in [0.3, 0.4) is 0 Å². The van der Waals surface area contributed by atoms with Gasteiger partial charge in [-0.2, -0.15) is 0 Å². The van der Waals surface area contributed by atoms with Gasteiger partial charge in [-0.3, -0.25) is 9.59 Å². The largest absolute Gasteiger partial charge is 0.461 e. The van der Waals surface area contributed by atoms with Gasteiger partial charge in [-0.1, -0.05) is 89.5 Å². The minimum Gasteiger partial charge on any atom is -0.461 e. The zero-order chi connectivity index (χ0) is 47.4. The van der Waals surface area contributed by atoms with Gasteiger partial charge in [0.2, 0.25) is 0 Å². The van der Waals surface area contributed by atoms with Crippen molar-refractivity contribution in [2.75, 3.05) is 92.0 Å². The molecule has 0 saturated carbocycles. The quantitative estimate of drug-likeness (QED) is 0.0259. The number of hydrogen-bond donors (Lipinski definition) is 2. The Kier molecular flexibility index (Phi) is 38.5. The van der Waals surface area contributed by atoms with Crippen LogP contribution >= 0.6 is 0 Å². The number of amides is 2. The maximum atomic E-state index is 13.2. The highest BCUT2D eigenvalue weighted by molar-refractivity contribution is 5.70. The molecule has 2 aliphatic rings. The number of likely N-dealkylation sites (tertiary alicyclic amines) is 2. The van der Waals surface area contributed by atoms with Crippen LogP contribution in [-0.4, -0.2) is 138 Å². The molecular weight excluding hydrogens is 841 g/mol. The van der Waals surface area contributed by atoms with Gasteiger partial charge in [-0.05, 0) is 142 Å². The summed E-state index contributed by atoms with van der Waals surface area (Å²) in [6.45, 7) is 13.3. The second kappa shape index (κ2) is 43.1. The van der Waals surface area contributed by atoms with Crippen LogP contribution in [0.15, 0.2) is 24.3 Å². The highest BCUT2D eigenvalue weighted by atomic mass is 16.6. The number of carbonyl (C=O) groups is 4. The van der Waals surface area contributed by atoms with Gasteiger partial charge in [0.05, 0.1) is 13.2 Å². The lowest BCUT2D eigenvalue weighted by Gasteiger charge is -2.27. The topological polar surface area (TPSA) is 154 Å². The van der Waals surface area contributed by atoms with Gasteiger partial charge in [0.15, 0.2) is 12.2 Å². The summed E-state index contributed by atoms with van der Waals surface area (Å²) in [5.41, 5.74) is 0. The summed E-state index contributed by atoms with van der Waals surface area (Å²) in [7, 11) is 0. The van der Waals surface area contributed by atoms with Gasteiger partial charge in [-0.25, -0.2) is 9.59 Å². The number of allylic oxidation sites excluding steroid dienone is 2. The molecule has 0 aliphatic carbocycles. The maximum absolute atomic E-state index is 13.2. The van der Waals surface area contributed by atoms with Crippen molar-refractivity contribution in [2.45, 2.75) is 193 Å². The third kappa shape index (κ3) is 35.0. The second-order valence-electron chi connectivity index (χ2n) is 18.0. The summed E-state index contributed by atoms with van der Waals surface area (Å²) in [5.74, 6) is -0.414. The molecule has 14 heteroatoms.